The molecule has 494 valence electrons. The number of nitrogens with zero attached hydrogens (tertiary/aromatic N) is 12. The van der Waals surface area contributed by atoms with E-state index in [2.05, 4.69) is 162 Å². The molecule has 0 spiro atoms. The molecule has 2 aromatic rings. The first-order valence-corrected chi connectivity index (χ1v) is 32.9. The number of nitrogens with one attached hydrogen (secondary N) is 4. The molecule has 0 aromatic carbocycles. The van der Waals surface area contributed by atoms with Crippen molar-refractivity contribution in [3.05, 3.63) is 0 Å². The molecular weight excluding hydrogens is 1090 g/mol. The number of piperidine rings is 4. The normalized spacial score (nSPS) is 23.9. The van der Waals surface area contributed by atoms with Crippen LogP contribution in [0.1, 0.15) is 226 Å². The van der Waals surface area contributed by atoms with E-state index in [1.807, 2.05) is 0 Å². The number of hydroxylamine groups is 8. The number of rotatable bonds is 33. The maximum atomic E-state index is 9.92. The van der Waals surface area contributed by atoms with Gasteiger partial charge in [-0.05, 0) is 213 Å². The van der Waals surface area contributed by atoms with E-state index in [1.165, 1.54) is 12.8 Å². The molecule has 4 fully saturated rings. The summed E-state index contributed by atoms with van der Waals surface area (Å²) in [6.45, 7) is 40.1. The number of aliphatic hydroxyl groups excluding tert-OH is 2. The van der Waals surface area contributed by atoms with E-state index in [-0.39, 0.29) is 69.6 Å². The Kier molecular flexibility index (Phi) is 25.0. The van der Waals surface area contributed by atoms with Crippen molar-refractivity contribution in [1.82, 2.24) is 50.2 Å². The van der Waals surface area contributed by atoms with Gasteiger partial charge in [-0.1, -0.05) is 25.7 Å². The standard InChI is InChI=1S/C64H122N16O6/c1-57(2)33-31-47(63(13,14)79(57)85-19)29-23-25-35-65-51-69-53(67-37-41-81)73-55(71-51)75(49-43-59(5,6)77(83-17)60(7,8)44-49)39-27-21-22-28-40-76(50-45-61(9,10)78(84-18)62(11,12)46-50)56-72-52(70-54(74-56)68-38-42-82)66-36-26-24-30-48-32-34-58(3,4)80(86-20)64(48,15)16/h47-50,81-82H,21-46H2,1-20H3,(H2,65,67,69,71,73)(H2,66,68,70,72,74). The second-order valence-electron chi connectivity index (χ2n) is 30.2. The zero-order chi connectivity index (χ0) is 63.5. The van der Waals surface area contributed by atoms with E-state index in [0.717, 1.165) is 129 Å². The Labute approximate surface area is 520 Å². The highest BCUT2D eigenvalue weighted by Gasteiger charge is 2.51. The molecule has 0 aliphatic carbocycles. The van der Waals surface area contributed by atoms with Crippen molar-refractivity contribution in [1.29, 1.82) is 0 Å². The van der Waals surface area contributed by atoms with Gasteiger partial charge in [-0.25, -0.2) is 0 Å². The first-order chi connectivity index (χ1) is 40.3. The highest BCUT2D eigenvalue weighted by atomic mass is 16.7. The van der Waals surface area contributed by atoms with Gasteiger partial charge in [-0.2, -0.15) is 50.2 Å². The average molecular weight is 1210 g/mol. The second kappa shape index (κ2) is 30.0. The third kappa shape index (κ3) is 17.7. The van der Waals surface area contributed by atoms with Crippen LogP contribution in [-0.2, 0) is 19.4 Å². The Hall–Kier alpha value is -3.58. The Morgan fingerprint density at radius 3 is 0.988 bits per heavy atom. The van der Waals surface area contributed by atoms with Crippen molar-refractivity contribution < 1.29 is 29.6 Å². The molecule has 22 nitrogen and oxygen atoms in total. The second-order valence-corrected chi connectivity index (χ2v) is 30.2. The van der Waals surface area contributed by atoms with Gasteiger partial charge >= 0.3 is 0 Å². The minimum atomic E-state index is -0.268. The van der Waals surface area contributed by atoms with Gasteiger partial charge in [-0.3, -0.25) is 0 Å². The van der Waals surface area contributed by atoms with E-state index >= 15 is 0 Å². The molecular formula is C64H122N16O6. The summed E-state index contributed by atoms with van der Waals surface area (Å²) in [5, 5.41) is 42.3. The lowest BCUT2D eigenvalue weighted by molar-refractivity contribution is -0.279. The summed E-state index contributed by atoms with van der Waals surface area (Å²) < 4.78 is 0. The Balaban J connectivity index is 1.19. The van der Waals surface area contributed by atoms with Crippen molar-refractivity contribution in [3.8, 4) is 0 Å². The van der Waals surface area contributed by atoms with Gasteiger partial charge in [0.05, 0.1) is 41.7 Å². The van der Waals surface area contributed by atoms with E-state index in [1.54, 1.807) is 28.4 Å². The van der Waals surface area contributed by atoms with Crippen molar-refractivity contribution in [3.63, 3.8) is 0 Å². The SMILES string of the molecule is CON1C(C)(C)CC(N(CCCCCCN(c2nc(NCCO)nc(NCCCCC3CCC(C)(C)N(OC)C3(C)C)n2)C2CC(C)(C)N(OC)C(C)(C)C2)c2nc(NCCO)nc(NCCCCC3CCC(C)(C)N(OC)C3(C)C)n2)CC1(C)C. The van der Waals surface area contributed by atoms with Crippen LogP contribution in [0, 0.1) is 11.8 Å². The molecule has 4 aliphatic rings. The number of aliphatic hydroxyl groups is 2. The van der Waals surface area contributed by atoms with Gasteiger partial charge in [0.25, 0.3) is 0 Å². The Morgan fingerprint density at radius 1 is 0.395 bits per heavy atom. The lowest BCUT2D eigenvalue weighted by atomic mass is 9.72. The fraction of sp³-hybridized carbons (Fsp3) is 0.906. The molecule has 6 heterocycles. The summed E-state index contributed by atoms with van der Waals surface area (Å²) in [6, 6.07) is 0.226. The van der Waals surface area contributed by atoms with E-state index in [9.17, 15) is 10.2 Å². The molecule has 2 atom stereocenters. The molecule has 0 saturated carbocycles. The van der Waals surface area contributed by atoms with E-state index in [4.69, 9.17) is 49.3 Å². The maximum absolute atomic E-state index is 9.92. The van der Waals surface area contributed by atoms with E-state index < -0.39 is 0 Å². The van der Waals surface area contributed by atoms with Gasteiger partial charge in [0.15, 0.2) is 0 Å². The summed E-state index contributed by atoms with van der Waals surface area (Å²) in [4.78, 5) is 59.3. The highest BCUT2D eigenvalue weighted by molar-refractivity contribution is 5.46. The number of anilines is 6. The highest BCUT2D eigenvalue weighted by Crippen LogP contribution is 2.47. The van der Waals surface area contributed by atoms with Crippen LogP contribution in [0.15, 0.2) is 0 Å². The van der Waals surface area contributed by atoms with Crippen LogP contribution in [0.25, 0.3) is 0 Å². The van der Waals surface area contributed by atoms with Crippen LogP contribution in [0.2, 0.25) is 0 Å². The third-order valence-corrected chi connectivity index (χ3v) is 19.7. The van der Waals surface area contributed by atoms with Crippen LogP contribution in [0.4, 0.5) is 35.7 Å². The minimum absolute atomic E-state index is 0.000251. The molecule has 4 aliphatic heterocycles. The Bertz CT molecular complexity index is 2190. The minimum Gasteiger partial charge on any atom is -0.395 e. The molecule has 4 saturated heterocycles. The van der Waals surface area contributed by atoms with Gasteiger partial charge in [0, 0.05) is 95.7 Å². The fourth-order valence-corrected chi connectivity index (χ4v) is 16.5. The number of hydrogen-bond donors (Lipinski definition) is 6. The summed E-state index contributed by atoms with van der Waals surface area (Å²) in [6.07, 6.45) is 18.1. The number of hydrogen-bond acceptors (Lipinski definition) is 22. The molecule has 0 bridgehead atoms. The number of aromatic nitrogens is 6. The van der Waals surface area contributed by atoms with Gasteiger partial charge in [0.1, 0.15) is 0 Å². The first-order valence-electron chi connectivity index (χ1n) is 32.9. The Morgan fingerprint density at radius 2 is 0.698 bits per heavy atom. The molecule has 2 unspecified atom stereocenters. The zero-order valence-corrected chi connectivity index (χ0v) is 57.6. The molecule has 2 aromatic heterocycles. The van der Waals surface area contributed by atoms with Gasteiger partial charge in [0.2, 0.25) is 35.7 Å². The molecule has 6 N–H and O–H groups in total. The van der Waals surface area contributed by atoms with Crippen LogP contribution in [-0.4, -0.2) is 198 Å². The average Bonchev–Trinajstić information content (AvgIpc) is 0.930. The van der Waals surface area contributed by atoms with Crippen LogP contribution in [0.3, 0.4) is 0 Å². The van der Waals surface area contributed by atoms with Crippen molar-refractivity contribution in [2.75, 3.05) is 112 Å². The van der Waals surface area contributed by atoms with Gasteiger partial charge in [-0.15, -0.1) is 0 Å². The molecule has 22 heteroatoms. The van der Waals surface area contributed by atoms with Crippen LogP contribution in [0.5, 0.6) is 0 Å². The lowest BCUT2D eigenvalue weighted by Gasteiger charge is -2.55. The van der Waals surface area contributed by atoms with Crippen molar-refractivity contribution in [2.24, 2.45) is 11.8 Å². The zero-order valence-electron chi connectivity index (χ0n) is 57.6. The van der Waals surface area contributed by atoms with E-state index in [0.29, 0.717) is 60.6 Å². The lowest BCUT2D eigenvalue weighted by Crippen LogP contribution is -2.64. The smallest absolute Gasteiger partial charge is 0.232 e. The summed E-state index contributed by atoms with van der Waals surface area (Å²) in [5.41, 5.74) is -1.20. The van der Waals surface area contributed by atoms with Crippen LogP contribution >= 0.6 is 0 Å². The molecule has 6 rings (SSSR count). The summed E-state index contributed by atoms with van der Waals surface area (Å²) in [5.74, 6) is 4.30. The van der Waals surface area contributed by atoms with Crippen molar-refractivity contribution >= 4 is 35.7 Å². The quantitative estimate of drug-likeness (QED) is 0.0366. The number of unbranched alkanes of at least 4 members (excludes halogenated alkanes) is 5. The maximum Gasteiger partial charge on any atom is 0.232 e. The van der Waals surface area contributed by atoms with Crippen molar-refractivity contribution in [2.45, 2.75) is 283 Å². The molecule has 0 radical (unpaired) electrons. The predicted molar refractivity (Wildman–Crippen MR) is 348 cm³/mol. The van der Waals surface area contributed by atoms with Gasteiger partial charge < -0.3 is 60.6 Å². The summed E-state index contributed by atoms with van der Waals surface area (Å²) >= 11 is 0. The van der Waals surface area contributed by atoms with Crippen LogP contribution < -0.4 is 31.1 Å². The molecule has 0 amide bonds. The monoisotopic (exact) mass is 1210 g/mol. The molecule has 86 heavy (non-hydrogen) atoms. The first kappa shape index (κ1) is 71.5. The largest absolute Gasteiger partial charge is 0.395 e. The third-order valence-electron chi connectivity index (χ3n) is 19.7. The predicted octanol–water partition coefficient (Wildman–Crippen LogP) is 10.7. The topological polar surface area (TPSA) is 222 Å². The summed E-state index contributed by atoms with van der Waals surface area (Å²) in [7, 11) is 7.17. The fourth-order valence-electron chi connectivity index (χ4n) is 16.5.